The maximum absolute atomic E-state index is 13.3. The molecule has 21 heavy (non-hydrogen) atoms. The van der Waals surface area contributed by atoms with Crippen LogP contribution in [0.25, 0.3) is 16.8 Å². The van der Waals surface area contributed by atoms with Crippen molar-refractivity contribution in [2.45, 2.75) is 6.42 Å². The lowest BCUT2D eigenvalue weighted by Gasteiger charge is -2.06. The van der Waals surface area contributed by atoms with Gasteiger partial charge in [-0.05, 0) is 41.8 Å². The number of hydrogen-bond acceptors (Lipinski definition) is 2. The van der Waals surface area contributed by atoms with E-state index >= 15 is 0 Å². The third-order valence-electron chi connectivity index (χ3n) is 3.30. The zero-order valence-electron chi connectivity index (χ0n) is 11.1. The van der Waals surface area contributed by atoms with Gasteiger partial charge in [0.15, 0.2) is 0 Å². The Morgan fingerprint density at radius 1 is 1.19 bits per heavy atom. The minimum atomic E-state index is -0.287. The maximum Gasteiger partial charge on any atom is 0.261 e. The zero-order chi connectivity index (χ0) is 14.8. The van der Waals surface area contributed by atoms with Crippen molar-refractivity contribution < 1.29 is 4.39 Å². The second-order valence-corrected chi connectivity index (χ2v) is 5.47. The molecule has 0 atom stereocenters. The molecule has 2 aromatic heterocycles. The number of halogens is 2. The van der Waals surface area contributed by atoms with Crippen LogP contribution in [-0.4, -0.2) is 14.7 Å². The average Bonchev–Trinajstić information content (AvgIpc) is 2.50. The van der Waals surface area contributed by atoms with Crippen molar-refractivity contribution in [3.05, 3.63) is 70.5 Å². The molecule has 0 amide bonds. The third kappa shape index (κ3) is 2.74. The molecule has 0 saturated carbocycles. The molecule has 0 unspecified atom stereocenters. The molecular weight excluding hydrogens is 335 g/mol. The van der Waals surface area contributed by atoms with Crippen LogP contribution >= 0.6 is 15.9 Å². The molecule has 5 heteroatoms. The van der Waals surface area contributed by atoms with Crippen LogP contribution in [0.3, 0.4) is 0 Å². The van der Waals surface area contributed by atoms with Gasteiger partial charge < -0.3 is 0 Å². The fourth-order valence-corrected chi connectivity index (χ4v) is 2.66. The van der Waals surface area contributed by atoms with Gasteiger partial charge in [-0.15, -0.1) is 0 Å². The average molecular weight is 347 g/mol. The monoisotopic (exact) mass is 346 g/mol. The third-order valence-corrected chi connectivity index (χ3v) is 3.70. The minimum absolute atomic E-state index is 0.0646. The lowest BCUT2D eigenvalue weighted by atomic mass is 10.1. The fourth-order valence-electron chi connectivity index (χ4n) is 2.23. The lowest BCUT2D eigenvalue weighted by molar-refractivity contribution is 0.628. The van der Waals surface area contributed by atoms with Crippen LogP contribution < -0.4 is 5.56 Å². The predicted octanol–water partition coefficient (Wildman–Crippen LogP) is 3.44. The second kappa shape index (κ2) is 5.77. The van der Waals surface area contributed by atoms with E-state index < -0.39 is 0 Å². The van der Waals surface area contributed by atoms with Crippen molar-refractivity contribution in [1.82, 2.24) is 9.38 Å². The Bertz CT molecular complexity index is 860. The van der Waals surface area contributed by atoms with Crippen molar-refractivity contribution >= 4 is 21.6 Å². The van der Waals surface area contributed by atoms with E-state index in [1.807, 2.05) is 6.07 Å². The van der Waals surface area contributed by atoms with Crippen molar-refractivity contribution in [2.75, 3.05) is 5.33 Å². The summed E-state index contributed by atoms with van der Waals surface area (Å²) < 4.78 is 14.8. The maximum atomic E-state index is 13.3. The van der Waals surface area contributed by atoms with E-state index in [1.54, 1.807) is 30.6 Å². The fraction of sp³-hybridized carbons (Fsp3) is 0.125. The van der Waals surface area contributed by atoms with Crippen LogP contribution in [0.1, 0.15) is 5.56 Å². The summed E-state index contributed by atoms with van der Waals surface area (Å²) in [6.45, 7) is 0. The molecule has 3 nitrogen and oxygen atoms in total. The van der Waals surface area contributed by atoms with Gasteiger partial charge >= 0.3 is 0 Å². The number of aromatic nitrogens is 2. The highest BCUT2D eigenvalue weighted by Gasteiger charge is 2.06. The Morgan fingerprint density at radius 3 is 2.76 bits per heavy atom. The van der Waals surface area contributed by atoms with Crippen molar-refractivity contribution in [3.63, 3.8) is 0 Å². The first-order chi connectivity index (χ1) is 10.2. The number of fused-ring (bicyclic) bond motifs is 1. The van der Waals surface area contributed by atoms with Crippen LogP contribution in [0, 0.1) is 5.82 Å². The molecular formula is C16H12BrFN2O. The van der Waals surface area contributed by atoms with E-state index in [2.05, 4.69) is 20.9 Å². The first-order valence-corrected chi connectivity index (χ1v) is 7.63. The molecule has 3 rings (SSSR count). The highest BCUT2D eigenvalue weighted by molar-refractivity contribution is 9.09. The molecule has 0 fully saturated rings. The molecule has 0 bridgehead atoms. The number of pyridine rings is 1. The smallest absolute Gasteiger partial charge is 0.261 e. The Labute approximate surface area is 129 Å². The summed E-state index contributed by atoms with van der Waals surface area (Å²) in [4.78, 5) is 16.6. The molecule has 2 heterocycles. The highest BCUT2D eigenvalue weighted by Crippen LogP contribution is 2.20. The minimum Gasteiger partial charge on any atom is -0.269 e. The lowest BCUT2D eigenvalue weighted by Crippen LogP contribution is -2.19. The molecule has 0 aliphatic carbocycles. The van der Waals surface area contributed by atoms with Gasteiger partial charge in [0.05, 0.1) is 0 Å². The number of benzene rings is 1. The number of nitrogens with zero attached hydrogens (tertiary/aromatic N) is 2. The standard InChI is InChI=1S/C16H12BrFN2O/c17-6-4-13-10-19-15-9-12(5-7-20(15)16(13)21)11-2-1-3-14(18)8-11/h1-3,5,7-10H,4,6H2. The van der Waals surface area contributed by atoms with E-state index in [0.29, 0.717) is 17.6 Å². The molecule has 0 radical (unpaired) electrons. The molecule has 3 aromatic rings. The topological polar surface area (TPSA) is 34.4 Å². The Balaban J connectivity index is 2.13. The number of alkyl halides is 1. The number of aryl methyl sites for hydroxylation is 1. The van der Waals surface area contributed by atoms with Gasteiger partial charge in [0, 0.05) is 23.3 Å². The summed E-state index contributed by atoms with van der Waals surface area (Å²) in [5, 5.41) is 0.720. The normalized spacial score (nSPS) is 11.0. The summed E-state index contributed by atoms with van der Waals surface area (Å²) in [7, 11) is 0. The first-order valence-electron chi connectivity index (χ1n) is 6.51. The van der Waals surface area contributed by atoms with Gasteiger partial charge in [-0.2, -0.15) is 0 Å². The quantitative estimate of drug-likeness (QED) is 0.681. The van der Waals surface area contributed by atoms with Gasteiger partial charge in [-0.3, -0.25) is 9.20 Å². The van der Waals surface area contributed by atoms with E-state index in [9.17, 15) is 9.18 Å². The van der Waals surface area contributed by atoms with Gasteiger partial charge in [0.25, 0.3) is 5.56 Å². The molecule has 0 spiro atoms. The highest BCUT2D eigenvalue weighted by atomic mass is 79.9. The first kappa shape index (κ1) is 13.9. The Morgan fingerprint density at radius 2 is 2.00 bits per heavy atom. The zero-order valence-corrected chi connectivity index (χ0v) is 12.7. The summed E-state index contributed by atoms with van der Waals surface area (Å²) in [6.07, 6.45) is 3.93. The summed E-state index contributed by atoms with van der Waals surface area (Å²) >= 11 is 3.32. The molecule has 0 saturated heterocycles. The van der Waals surface area contributed by atoms with Crippen molar-refractivity contribution in [3.8, 4) is 11.1 Å². The van der Waals surface area contributed by atoms with Crippen LogP contribution in [0.2, 0.25) is 0 Å². The van der Waals surface area contributed by atoms with Crippen LogP contribution in [0.15, 0.2) is 53.6 Å². The largest absolute Gasteiger partial charge is 0.269 e. The van der Waals surface area contributed by atoms with Crippen LogP contribution in [0.5, 0.6) is 0 Å². The molecule has 0 aliphatic rings. The number of rotatable bonds is 3. The van der Waals surface area contributed by atoms with Crippen molar-refractivity contribution in [2.24, 2.45) is 0 Å². The number of hydrogen-bond donors (Lipinski definition) is 0. The summed E-state index contributed by atoms with van der Waals surface area (Å²) in [5.74, 6) is -0.287. The van der Waals surface area contributed by atoms with Gasteiger partial charge in [-0.25, -0.2) is 9.37 Å². The molecule has 1 aromatic carbocycles. The van der Waals surface area contributed by atoms with Crippen LogP contribution in [-0.2, 0) is 6.42 Å². The Kier molecular flexibility index (Phi) is 3.84. The van der Waals surface area contributed by atoms with E-state index in [4.69, 9.17) is 0 Å². The van der Waals surface area contributed by atoms with Crippen molar-refractivity contribution in [1.29, 1.82) is 0 Å². The van der Waals surface area contributed by atoms with E-state index in [0.717, 1.165) is 16.5 Å². The SMILES string of the molecule is O=c1c(CCBr)cnc2cc(-c3cccc(F)c3)ccn12. The van der Waals surface area contributed by atoms with Crippen LogP contribution in [0.4, 0.5) is 4.39 Å². The summed E-state index contributed by atoms with van der Waals surface area (Å²) in [6, 6.07) is 9.93. The predicted molar refractivity (Wildman–Crippen MR) is 84.4 cm³/mol. The van der Waals surface area contributed by atoms with E-state index in [1.165, 1.54) is 16.5 Å². The van der Waals surface area contributed by atoms with E-state index in [-0.39, 0.29) is 11.4 Å². The molecule has 0 N–H and O–H groups in total. The molecule has 0 aliphatic heterocycles. The second-order valence-electron chi connectivity index (χ2n) is 4.68. The van der Waals surface area contributed by atoms with Gasteiger partial charge in [0.2, 0.25) is 0 Å². The van der Waals surface area contributed by atoms with Gasteiger partial charge in [0.1, 0.15) is 11.5 Å². The summed E-state index contributed by atoms with van der Waals surface area (Å²) in [5.41, 5.74) is 2.75. The Hall–Kier alpha value is -2.01. The van der Waals surface area contributed by atoms with Gasteiger partial charge in [-0.1, -0.05) is 28.1 Å². The molecule has 106 valence electrons.